The fourth-order valence-electron chi connectivity index (χ4n) is 1.94. The summed E-state index contributed by atoms with van der Waals surface area (Å²) in [6.07, 6.45) is 1.45. The molecule has 0 saturated carbocycles. The SMILES string of the molecule is CCOC(=O)CCNC(C)CC1COCCN1. The number of hydrogen-bond acceptors (Lipinski definition) is 5. The molecule has 0 aliphatic carbocycles. The van der Waals surface area contributed by atoms with Crippen molar-refractivity contribution >= 4 is 5.97 Å². The number of hydrogen-bond donors (Lipinski definition) is 2. The minimum absolute atomic E-state index is 0.133. The Morgan fingerprint density at radius 1 is 1.65 bits per heavy atom. The minimum atomic E-state index is -0.133. The summed E-state index contributed by atoms with van der Waals surface area (Å²) in [4.78, 5) is 11.1. The molecule has 1 rings (SSSR count). The zero-order chi connectivity index (χ0) is 12.5. The molecule has 100 valence electrons. The topological polar surface area (TPSA) is 59.6 Å². The lowest BCUT2D eigenvalue weighted by Crippen LogP contribution is -2.45. The van der Waals surface area contributed by atoms with Gasteiger partial charge in [-0.2, -0.15) is 0 Å². The molecule has 2 atom stereocenters. The molecule has 2 N–H and O–H groups in total. The number of esters is 1. The maximum atomic E-state index is 11.1. The Morgan fingerprint density at radius 2 is 2.47 bits per heavy atom. The van der Waals surface area contributed by atoms with Crippen molar-refractivity contribution < 1.29 is 14.3 Å². The molecule has 1 heterocycles. The highest BCUT2D eigenvalue weighted by atomic mass is 16.5. The summed E-state index contributed by atoms with van der Waals surface area (Å²) < 4.78 is 10.3. The lowest BCUT2D eigenvalue weighted by molar-refractivity contribution is -0.143. The molecule has 2 unspecified atom stereocenters. The van der Waals surface area contributed by atoms with Crippen LogP contribution in [-0.2, 0) is 14.3 Å². The van der Waals surface area contributed by atoms with Gasteiger partial charge in [-0.3, -0.25) is 4.79 Å². The largest absolute Gasteiger partial charge is 0.466 e. The predicted molar refractivity (Wildman–Crippen MR) is 65.9 cm³/mol. The van der Waals surface area contributed by atoms with E-state index in [1.54, 1.807) is 0 Å². The molecule has 0 amide bonds. The lowest BCUT2D eigenvalue weighted by Gasteiger charge is -2.26. The Morgan fingerprint density at radius 3 is 3.12 bits per heavy atom. The van der Waals surface area contributed by atoms with Crippen molar-refractivity contribution in [2.45, 2.75) is 38.8 Å². The van der Waals surface area contributed by atoms with Gasteiger partial charge in [0.2, 0.25) is 0 Å². The van der Waals surface area contributed by atoms with Gasteiger partial charge in [0.05, 0.1) is 26.2 Å². The normalized spacial score (nSPS) is 22.1. The third kappa shape index (κ3) is 6.61. The Kier molecular flexibility index (Phi) is 7.16. The fraction of sp³-hybridized carbons (Fsp3) is 0.917. The maximum Gasteiger partial charge on any atom is 0.307 e. The molecule has 1 aliphatic heterocycles. The van der Waals surface area contributed by atoms with Crippen molar-refractivity contribution in [2.24, 2.45) is 0 Å². The average molecular weight is 244 g/mol. The van der Waals surface area contributed by atoms with Gasteiger partial charge < -0.3 is 20.1 Å². The summed E-state index contributed by atoms with van der Waals surface area (Å²) in [6.45, 7) is 7.60. The third-order valence-corrected chi connectivity index (χ3v) is 2.76. The van der Waals surface area contributed by atoms with Crippen LogP contribution in [0.3, 0.4) is 0 Å². The van der Waals surface area contributed by atoms with Gasteiger partial charge in [0.15, 0.2) is 0 Å². The lowest BCUT2D eigenvalue weighted by atomic mass is 10.1. The van der Waals surface area contributed by atoms with Crippen LogP contribution in [0, 0.1) is 0 Å². The maximum absolute atomic E-state index is 11.1. The molecule has 0 aromatic rings. The summed E-state index contributed by atoms with van der Waals surface area (Å²) in [7, 11) is 0. The fourth-order valence-corrected chi connectivity index (χ4v) is 1.94. The van der Waals surface area contributed by atoms with E-state index in [0.29, 0.717) is 31.7 Å². The first-order chi connectivity index (χ1) is 8.22. The van der Waals surface area contributed by atoms with Crippen molar-refractivity contribution in [1.82, 2.24) is 10.6 Å². The zero-order valence-electron chi connectivity index (χ0n) is 10.8. The van der Waals surface area contributed by atoms with Crippen LogP contribution in [0.2, 0.25) is 0 Å². The van der Waals surface area contributed by atoms with Gasteiger partial charge in [-0.05, 0) is 20.3 Å². The van der Waals surface area contributed by atoms with Gasteiger partial charge in [-0.15, -0.1) is 0 Å². The summed E-state index contributed by atoms with van der Waals surface area (Å²) in [5, 5.41) is 6.74. The number of carbonyl (C=O) groups excluding carboxylic acids is 1. The van der Waals surface area contributed by atoms with Gasteiger partial charge in [0, 0.05) is 25.2 Å². The number of ether oxygens (including phenoxy) is 2. The van der Waals surface area contributed by atoms with Crippen LogP contribution >= 0.6 is 0 Å². The Hall–Kier alpha value is -0.650. The second kappa shape index (κ2) is 8.44. The first-order valence-electron chi connectivity index (χ1n) is 6.42. The molecule has 1 fully saturated rings. The highest BCUT2D eigenvalue weighted by molar-refractivity contribution is 5.69. The zero-order valence-corrected chi connectivity index (χ0v) is 10.8. The molecule has 0 aromatic heterocycles. The van der Waals surface area contributed by atoms with E-state index >= 15 is 0 Å². The van der Waals surface area contributed by atoms with Gasteiger partial charge >= 0.3 is 5.97 Å². The summed E-state index contributed by atoms with van der Waals surface area (Å²) >= 11 is 0. The molecule has 17 heavy (non-hydrogen) atoms. The monoisotopic (exact) mass is 244 g/mol. The number of morpholine rings is 1. The van der Waals surface area contributed by atoms with Gasteiger partial charge in [0.25, 0.3) is 0 Å². The summed E-state index contributed by atoms with van der Waals surface area (Å²) in [6, 6.07) is 0.803. The first kappa shape index (κ1) is 14.4. The van der Waals surface area contributed by atoms with Gasteiger partial charge in [0.1, 0.15) is 0 Å². The predicted octanol–water partition coefficient (Wildman–Crippen LogP) is 0.296. The van der Waals surface area contributed by atoms with Crippen molar-refractivity contribution in [2.75, 3.05) is 32.9 Å². The van der Waals surface area contributed by atoms with E-state index in [4.69, 9.17) is 9.47 Å². The van der Waals surface area contributed by atoms with E-state index in [0.717, 1.165) is 26.2 Å². The molecule has 1 saturated heterocycles. The van der Waals surface area contributed by atoms with Crippen LogP contribution in [0.15, 0.2) is 0 Å². The number of rotatable bonds is 7. The molecule has 0 aromatic carbocycles. The number of carbonyl (C=O) groups is 1. The Labute approximate surface area is 103 Å². The molecule has 0 spiro atoms. The second-order valence-corrected chi connectivity index (χ2v) is 4.37. The van der Waals surface area contributed by atoms with Crippen LogP contribution in [0.5, 0.6) is 0 Å². The Bertz CT molecular complexity index is 218. The molecule has 5 heteroatoms. The number of nitrogens with one attached hydrogen (secondary N) is 2. The quantitative estimate of drug-likeness (QED) is 0.631. The van der Waals surface area contributed by atoms with Crippen molar-refractivity contribution in [3.05, 3.63) is 0 Å². The molecular weight excluding hydrogens is 220 g/mol. The van der Waals surface area contributed by atoms with Crippen LogP contribution in [0.25, 0.3) is 0 Å². The molecular formula is C12H24N2O3. The van der Waals surface area contributed by atoms with Gasteiger partial charge in [-0.1, -0.05) is 0 Å². The molecule has 0 radical (unpaired) electrons. The van der Waals surface area contributed by atoms with Crippen molar-refractivity contribution in [3.8, 4) is 0 Å². The van der Waals surface area contributed by atoms with E-state index in [1.165, 1.54) is 0 Å². The van der Waals surface area contributed by atoms with E-state index in [9.17, 15) is 4.79 Å². The van der Waals surface area contributed by atoms with Crippen molar-refractivity contribution in [1.29, 1.82) is 0 Å². The molecule has 5 nitrogen and oxygen atoms in total. The summed E-state index contributed by atoms with van der Waals surface area (Å²) in [5.74, 6) is -0.133. The van der Waals surface area contributed by atoms with Gasteiger partial charge in [-0.25, -0.2) is 0 Å². The van der Waals surface area contributed by atoms with E-state index in [2.05, 4.69) is 17.6 Å². The highest BCUT2D eigenvalue weighted by Gasteiger charge is 2.15. The smallest absolute Gasteiger partial charge is 0.307 e. The van der Waals surface area contributed by atoms with E-state index in [-0.39, 0.29) is 5.97 Å². The van der Waals surface area contributed by atoms with Crippen molar-refractivity contribution in [3.63, 3.8) is 0 Å². The first-order valence-corrected chi connectivity index (χ1v) is 6.42. The Balaban J connectivity index is 2.03. The standard InChI is InChI=1S/C12H24N2O3/c1-3-17-12(15)4-5-13-10(2)8-11-9-16-7-6-14-11/h10-11,13-14H,3-9H2,1-2H3. The van der Waals surface area contributed by atoms with Crippen LogP contribution in [-0.4, -0.2) is 51.0 Å². The van der Waals surface area contributed by atoms with E-state index < -0.39 is 0 Å². The average Bonchev–Trinajstić information content (AvgIpc) is 2.30. The highest BCUT2D eigenvalue weighted by Crippen LogP contribution is 2.02. The van der Waals surface area contributed by atoms with Crippen LogP contribution < -0.4 is 10.6 Å². The van der Waals surface area contributed by atoms with Crippen LogP contribution in [0.4, 0.5) is 0 Å². The minimum Gasteiger partial charge on any atom is -0.466 e. The van der Waals surface area contributed by atoms with Crippen LogP contribution in [0.1, 0.15) is 26.7 Å². The molecule has 0 bridgehead atoms. The second-order valence-electron chi connectivity index (χ2n) is 4.37. The van der Waals surface area contributed by atoms with E-state index in [1.807, 2.05) is 6.92 Å². The third-order valence-electron chi connectivity index (χ3n) is 2.76. The molecule has 1 aliphatic rings. The summed E-state index contributed by atoms with van der Waals surface area (Å²) in [5.41, 5.74) is 0.